The Morgan fingerprint density at radius 3 is 3.05 bits per heavy atom. The Hall–Kier alpha value is -1.10. The van der Waals surface area contributed by atoms with E-state index in [-0.39, 0.29) is 5.91 Å². The highest BCUT2D eigenvalue weighted by atomic mass is 35.5. The molecule has 1 amide bonds. The van der Waals surface area contributed by atoms with Crippen LogP contribution < -0.4 is 10.2 Å². The monoisotopic (exact) mass is 308 g/mol. The highest BCUT2D eigenvalue weighted by Crippen LogP contribution is 2.39. The Morgan fingerprint density at radius 1 is 1.43 bits per heavy atom. The number of benzene rings is 1. The van der Waals surface area contributed by atoms with E-state index >= 15 is 0 Å². The molecule has 2 aliphatic rings. The summed E-state index contributed by atoms with van der Waals surface area (Å²) in [7, 11) is 0. The number of carbonyl (C=O) groups excluding carboxylic acids is 1. The first kappa shape index (κ1) is 14.8. The van der Waals surface area contributed by atoms with E-state index in [1.54, 1.807) is 0 Å². The molecule has 0 aliphatic carbocycles. The van der Waals surface area contributed by atoms with Gasteiger partial charge in [0.05, 0.1) is 13.2 Å². The molecular weight excluding hydrogens is 288 g/mol. The van der Waals surface area contributed by atoms with Gasteiger partial charge in [0.25, 0.3) is 0 Å². The average Bonchev–Trinajstić information content (AvgIpc) is 2.88. The third kappa shape index (κ3) is 3.23. The van der Waals surface area contributed by atoms with Gasteiger partial charge in [0, 0.05) is 43.0 Å². The molecule has 1 aromatic rings. The van der Waals surface area contributed by atoms with Crippen LogP contribution in [0.1, 0.15) is 24.3 Å². The molecule has 2 atom stereocenters. The summed E-state index contributed by atoms with van der Waals surface area (Å²) in [6, 6.07) is 8.58. The summed E-state index contributed by atoms with van der Waals surface area (Å²) in [6.07, 6.45) is 1.40. The summed E-state index contributed by atoms with van der Waals surface area (Å²) in [5.74, 6) is 0.868. The Morgan fingerprint density at radius 2 is 2.29 bits per heavy atom. The quantitative estimate of drug-likeness (QED) is 0.866. The Kier molecular flexibility index (Phi) is 4.78. The second-order valence-electron chi connectivity index (χ2n) is 5.66. The van der Waals surface area contributed by atoms with Crippen molar-refractivity contribution in [3.8, 4) is 0 Å². The zero-order chi connectivity index (χ0) is 14.7. The summed E-state index contributed by atoms with van der Waals surface area (Å²) in [4.78, 5) is 14.1. The van der Waals surface area contributed by atoms with E-state index in [4.69, 9.17) is 16.3 Å². The van der Waals surface area contributed by atoms with Crippen molar-refractivity contribution >= 4 is 23.2 Å². The number of hydrogen-bond donors (Lipinski definition) is 1. The van der Waals surface area contributed by atoms with Gasteiger partial charge in [-0.15, -0.1) is 11.6 Å². The van der Waals surface area contributed by atoms with Gasteiger partial charge in [0.2, 0.25) is 5.91 Å². The van der Waals surface area contributed by atoms with Gasteiger partial charge in [-0.2, -0.15) is 0 Å². The van der Waals surface area contributed by atoms with Gasteiger partial charge in [-0.3, -0.25) is 4.79 Å². The molecule has 2 unspecified atom stereocenters. The van der Waals surface area contributed by atoms with E-state index in [9.17, 15) is 4.79 Å². The maximum atomic E-state index is 12.2. The normalized spacial score (nSPS) is 24.9. The van der Waals surface area contributed by atoms with Crippen LogP contribution in [0.2, 0.25) is 0 Å². The number of anilines is 1. The molecule has 21 heavy (non-hydrogen) atoms. The first-order valence-electron chi connectivity index (χ1n) is 7.56. The Labute approximate surface area is 130 Å². The summed E-state index contributed by atoms with van der Waals surface area (Å²) in [5.41, 5.74) is 2.32. The average molecular weight is 309 g/mol. The van der Waals surface area contributed by atoms with E-state index in [2.05, 4.69) is 11.4 Å². The molecule has 0 radical (unpaired) electrons. The smallest absolute Gasteiger partial charge is 0.228 e. The first-order valence-corrected chi connectivity index (χ1v) is 8.09. The van der Waals surface area contributed by atoms with Crippen LogP contribution in [0.4, 0.5) is 5.69 Å². The number of nitrogens with one attached hydrogen (secondary N) is 1. The number of rotatable bonds is 4. The standard InChI is InChI=1S/C16H21ClN2O2/c17-6-5-16(20)19-10-12(9-13-11-21-8-7-18-13)14-3-1-2-4-15(14)19/h1-4,12-13,18H,5-11H2. The van der Waals surface area contributed by atoms with Crippen LogP contribution in [-0.4, -0.2) is 44.1 Å². The van der Waals surface area contributed by atoms with Crippen molar-refractivity contribution in [2.75, 3.05) is 37.1 Å². The second-order valence-corrected chi connectivity index (χ2v) is 6.04. The van der Waals surface area contributed by atoms with Crippen LogP contribution in [0.15, 0.2) is 24.3 Å². The maximum Gasteiger partial charge on any atom is 0.228 e. The van der Waals surface area contributed by atoms with Crippen molar-refractivity contribution in [1.82, 2.24) is 5.32 Å². The molecule has 1 saturated heterocycles. The highest BCUT2D eigenvalue weighted by Gasteiger charge is 2.33. The van der Waals surface area contributed by atoms with E-state index in [0.717, 1.165) is 38.4 Å². The minimum absolute atomic E-state index is 0.118. The van der Waals surface area contributed by atoms with Gasteiger partial charge >= 0.3 is 0 Å². The molecule has 1 aromatic carbocycles. The zero-order valence-corrected chi connectivity index (χ0v) is 12.8. The number of halogens is 1. The van der Waals surface area contributed by atoms with Crippen molar-refractivity contribution in [1.29, 1.82) is 0 Å². The molecule has 114 valence electrons. The number of nitrogens with zero attached hydrogens (tertiary/aromatic N) is 1. The van der Waals surface area contributed by atoms with Crippen LogP contribution in [0.5, 0.6) is 0 Å². The summed E-state index contributed by atoms with van der Waals surface area (Å²) in [6.45, 7) is 3.22. The molecule has 0 aromatic heterocycles. The molecule has 0 bridgehead atoms. The number of amides is 1. The number of morpholine rings is 1. The predicted octanol–water partition coefficient (Wildman–Crippen LogP) is 2.12. The molecule has 2 aliphatic heterocycles. The number of ether oxygens (including phenoxy) is 1. The minimum Gasteiger partial charge on any atom is -0.379 e. The third-order valence-corrected chi connectivity index (χ3v) is 4.44. The largest absolute Gasteiger partial charge is 0.379 e. The van der Waals surface area contributed by atoms with E-state index in [0.29, 0.717) is 24.3 Å². The topological polar surface area (TPSA) is 41.6 Å². The molecule has 1 N–H and O–H groups in total. The SMILES string of the molecule is O=C(CCCl)N1CC(CC2COCCN2)c2ccccc21. The van der Waals surface area contributed by atoms with Gasteiger partial charge in [-0.25, -0.2) is 0 Å². The van der Waals surface area contributed by atoms with Gasteiger partial charge in [-0.05, 0) is 18.1 Å². The molecule has 5 heteroatoms. The van der Waals surface area contributed by atoms with Crippen LogP contribution >= 0.6 is 11.6 Å². The fraction of sp³-hybridized carbons (Fsp3) is 0.562. The summed E-state index contributed by atoms with van der Waals surface area (Å²) < 4.78 is 5.53. The van der Waals surface area contributed by atoms with Crippen molar-refractivity contribution in [3.05, 3.63) is 29.8 Å². The third-order valence-electron chi connectivity index (χ3n) is 4.25. The summed E-state index contributed by atoms with van der Waals surface area (Å²) in [5, 5.41) is 3.50. The second kappa shape index (κ2) is 6.77. The lowest BCUT2D eigenvalue weighted by atomic mass is 9.94. The van der Waals surface area contributed by atoms with Gasteiger partial charge in [0.15, 0.2) is 0 Å². The van der Waals surface area contributed by atoms with E-state index < -0.39 is 0 Å². The van der Waals surface area contributed by atoms with Crippen molar-refractivity contribution < 1.29 is 9.53 Å². The molecule has 0 saturated carbocycles. The van der Waals surface area contributed by atoms with E-state index in [1.807, 2.05) is 23.1 Å². The molecule has 0 spiro atoms. The van der Waals surface area contributed by atoms with Crippen LogP contribution in [0.25, 0.3) is 0 Å². The summed E-state index contributed by atoms with van der Waals surface area (Å²) >= 11 is 5.72. The van der Waals surface area contributed by atoms with Crippen molar-refractivity contribution in [2.24, 2.45) is 0 Å². The van der Waals surface area contributed by atoms with E-state index in [1.165, 1.54) is 5.56 Å². The number of para-hydroxylation sites is 1. The van der Waals surface area contributed by atoms with Crippen molar-refractivity contribution in [2.45, 2.75) is 24.8 Å². The lowest BCUT2D eigenvalue weighted by Crippen LogP contribution is -2.42. The zero-order valence-electron chi connectivity index (χ0n) is 12.1. The first-order chi connectivity index (χ1) is 10.3. The van der Waals surface area contributed by atoms with Gasteiger partial charge in [0.1, 0.15) is 0 Å². The van der Waals surface area contributed by atoms with Gasteiger partial charge < -0.3 is 15.0 Å². The number of carbonyl (C=O) groups is 1. The number of hydrogen-bond acceptors (Lipinski definition) is 3. The Bertz CT molecular complexity index is 503. The van der Waals surface area contributed by atoms with Crippen LogP contribution in [-0.2, 0) is 9.53 Å². The predicted molar refractivity (Wildman–Crippen MR) is 84.1 cm³/mol. The molecular formula is C16H21ClN2O2. The molecule has 1 fully saturated rings. The lowest BCUT2D eigenvalue weighted by molar-refractivity contribution is -0.118. The number of alkyl halides is 1. The Balaban J connectivity index is 1.75. The number of fused-ring (bicyclic) bond motifs is 1. The fourth-order valence-electron chi connectivity index (χ4n) is 3.26. The maximum absolute atomic E-state index is 12.2. The highest BCUT2D eigenvalue weighted by molar-refractivity contribution is 6.19. The molecule has 4 nitrogen and oxygen atoms in total. The van der Waals surface area contributed by atoms with Crippen LogP contribution in [0.3, 0.4) is 0 Å². The minimum atomic E-state index is 0.118. The fourth-order valence-corrected chi connectivity index (χ4v) is 3.43. The molecule has 3 rings (SSSR count). The molecule has 2 heterocycles. The van der Waals surface area contributed by atoms with Crippen LogP contribution in [0, 0.1) is 0 Å². The lowest BCUT2D eigenvalue weighted by Gasteiger charge is -2.26. The van der Waals surface area contributed by atoms with Crippen molar-refractivity contribution in [3.63, 3.8) is 0 Å². The van der Waals surface area contributed by atoms with Gasteiger partial charge in [-0.1, -0.05) is 18.2 Å².